The van der Waals surface area contributed by atoms with E-state index in [1.54, 1.807) is 48.5 Å². The number of carbonyl (C=O) groups is 1. The molecular weight excluding hydrogens is 315 g/mol. The molecule has 0 saturated heterocycles. The summed E-state index contributed by atoms with van der Waals surface area (Å²) in [6.45, 7) is 0. The second-order valence-corrected chi connectivity index (χ2v) is 5.34. The Morgan fingerprint density at radius 3 is 2.57 bits per heavy atom. The average Bonchev–Trinajstić information content (AvgIpc) is 2.55. The topological polar surface area (TPSA) is 42.0 Å². The normalized spacial score (nSPS) is 10.3. The van der Waals surface area contributed by atoms with Crippen LogP contribution in [0.25, 0.3) is 11.3 Å². The van der Waals surface area contributed by atoms with Gasteiger partial charge in [-0.05, 0) is 42.5 Å². The average molecular weight is 327 g/mol. The molecule has 3 rings (SSSR count). The molecule has 1 N–H and O–H groups in total. The number of anilines is 1. The highest BCUT2D eigenvalue weighted by Gasteiger charge is 2.08. The maximum absolute atomic E-state index is 13.2. The lowest BCUT2D eigenvalue weighted by atomic mass is 10.1. The van der Waals surface area contributed by atoms with Gasteiger partial charge in [0, 0.05) is 22.5 Å². The van der Waals surface area contributed by atoms with Crippen LogP contribution in [0, 0.1) is 5.82 Å². The minimum atomic E-state index is -0.327. The molecule has 2 aromatic carbocycles. The van der Waals surface area contributed by atoms with E-state index in [1.165, 1.54) is 18.3 Å². The van der Waals surface area contributed by atoms with E-state index >= 15 is 0 Å². The van der Waals surface area contributed by atoms with Crippen LogP contribution in [-0.4, -0.2) is 10.9 Å². The van der Waals surface area contributed by atoms with Crippen molar-refractivity contribution in [3.05, 3.63) is 83.3 Å². The zero-order valence-electron chi connectivity index (χ0n) is 12.0. The van der Waals surface area contributed by atoms with Gasteiger partial charge in [0.1, 0.15) is 5.82 Å². The summed E-state index contributed by atoms with van der Waals surface area (Å²) in [7, 11) is 0. The highest BCUT2D eigenvalue weighted by Crippen LogP contribution is 2.19. The van der Waals surface area contributed by atoms with Gasteiger partial charge in [0.05, 0.1) is 11.3 Å². The maximum atomic E-state index is 13.2. The fourth-order valence-corrected chi connectivity index (χ4v) is 2.31. The molecule has 3 nitrogen and oxygen atoms in total. The third-order valence-electron chi connectivity index (χ3n) is 3.23. The number of pyridine rings is 1. The summed E-state index contributed by atoms with van der Waals surface area (Å²) in [5.41, 5.74) is 2.28. The first-order chi connectivity index (χ1) is 11.1. The molecule has 0 atom stereocenters. The Hall–Kier alpha value is -2.72. The second kappa shape index (κ2) is 6.58. The molecule has 0 spiro atoms. The second-order valence-electron chi connectivity index (χ2n) is 4.91. The van der Waals surface area contributed by atoms with E-state index in [2.05, 4.69) is 10.3 Å². The SMILES string of the molecule is O=C(Nc1cccc(Cl)c1)c1ccc(-c2cccc(F)c2)nc1. The standard InChI is InChI=1S/C18H12ClFN2O/c19-14-4-2-6-16(10-14)22-18(23)13-7-8-17(21-11-13)12-3-1-5-15(20)9-12/h1-11H,(H,22,23). The number of rotatable bonds is 3. The number of halogens is 2. The van der Waals surface area contributed by atoms with Crippen LogP contribution >= 0.6 is 11.6 Å². The summed E-state index contributed by atoms with van der Waals surface area (Å²) in [5.74, 6) is -0.613. The van der Waals surface area contributed by atoms with E-state index < -0.39 is 0 Å². The highest BCUT2D eigenvalue weighted by molar-refractivity contribution is 6.30. The van der Waals surface area contributed by atoms with Crippen LogP contribution in [0.15, 0.2) is 66.9 Å². The summed E-state index contributed by atoms with van der Waals surface area (Å²) >= 11 is 5.88. The predicted octanol–water partition coefficient (Wildman–Crippen LogP) is 4.79. The van der Waals surface area contributed by atoms with Crippen molar-refractivity contribution in [3.63, 3.8) is 0 Å². The van der Waals surface area contributed by atoms with Gasteiger partial charge in [-0.15, -0.1) is 0 Å². The number of nitrogens with zero attached hydrogens (tertiary/aromatic N) is 1. The monoisotopic (exact) mass is 326 g/mol. The van der Waals surface area contributed by atoms with E-state index in [0.29, 0.717) is 27.5 Å². The molecule has 23 heavy (non-hydrogen) atoms. The van der Waals surface area contributed by atoms with Gasteiger partial charge in [-0.25, -0.2) is 4.39 Å². The van der Waals surface area contributed by atoms with Gasteiger partial charge in [0.2, 0.25) is 0 Å². The Kier molecular flexibility index (Phi) is 4.35. The van der Waals surface area contributed by atoms with E-state index in [1.807, 2.05) is 0 Å². The van der Waals surface area contributed by atoms with Crippen molar-refractivity contribution in [2.45, 2.75) is 0 Å². The van der Waals surface area contributed by atoms with E-state index in [4.69, 9.17) is 11.6 Å². The van der Waals surface area contributed by atoms with Gasteiger partial charge < -0.3 is 5.32 Å². The van der Waals surface area contributed by atoms with Gasteiger partial charge in [0.15, 0.2) is 0 Å². The van der Waals surface area contributed by atoms with Crippen molar-refractivity contribution in [2.75, 3.05) is 5.32 Å². The minimum Gasteiger partial charge on any atom is -0.322 e. The first-order valence-electron chi connectivity index (χ1n) is 6.91. The van der Waals surface area contributed by atoms with Crippen LogP contribution in [0.4, 0.5) is 10.1 Å². The highest BCUT2D eigenvalue weighted by atomic mass is 35.5. The molecule has 114 valence electrons. The lowest BCUT2D eigenvalue weighted by Gasteiger charge is -2.06. The van der Waals surface area contributed by atoms with Crippen LogP contribution in [0.2, 0.25) is 5.02 Å². The zero-order valence-corrected chi connectivity index (χ0v) is 12.7. The zero-order chi connectivity index (χ0) is 16.2. The molecule has 0 fully saturated rings. The summed E-state index contributed by atoms with van der Waals surface area (Å²) in [4.78, 5) is 16.4. The number of aromatic nitrogens is 1. The van der Waals surface area contributed by atoms with Crippen molar-refractivity contribution in [1.82, 2.24) is 4.98 Å². The number of hydrogen-bond donors (Lipinski definition) is 1. The van der Waals surface area contributed by atoms with E-state index in [9.17, 15) is 9.18 Å². The van der Waals surface area contributed by atoms with Gasteiger partial charge in [-0.1, -0.05) is 29.8 Å². The molecule has 1 aromatic heterocycles. The molecule has 0 aliphatic heterocycles. The van der Waals surface area contributed by atoms with Crippen LogP contribution < -0.4 is 5.32 Å². The van der Waals surface area contributed by atoms with Crippen molar-refractivity contribution in [2.24, 2.45) is 0 Å². The quantitative estimate of drug-likeness (QED) is 0.751. The molecule has 0 saturated carbocycles. The number of carbonyl (C=O) groups excluding carboxylic acids is 1. The molecule has 0 aliphatic carbocycles. The third-order valence-corrected chi connectivity index (χ3v) is 3.46. The Morgan fingerprint density at radius 1 is 1.04 bits per heavy atom. The molecule has 3 aromatic rings. The van der Waals surface area contributed by atoms with E-state index in [0.717, 1.165) is 0 Å². The first kappa shape index (κ1) is 15.2. The molecular formula is C18H12ClFN2O. The van der Waals surface area contributed by atoms with Crippen molar-refractivity contribution in [1.29, 1.82) is 0 Å². The van der Waals surface area contributed by atoms with Gasteiger partial charge in [-0.3, -0.25) is 9.78 Å². The molecule has 5 heteroatoms. The van der Waals surface area contributed by atoms with E-state index in [-0.39, 0.29) is 11.7 Å². The number of benzene rings is 2. The van der Waals surface area contributed by atoms with Crippen molar-refractivity contribution in [3.8, 4) is 11.3 Å². The van der Waals surface area contributed by atoms with Crippen LogP contribution in [0.3, 0.4) is 0 Å². The molecule has 1 amide bonds. The largest absolute Gasteiger partial charge is 0.322 e. The maximum Gasteiger partial charge on any atom is 0.257 e. The van der Waals surface area contributed by atoms with Crippen LogP contribution in [-0.2, 0) is 0 Å². The molecule has 0 radical (unpaired) electrons. The predicted molar refractivity (Wildman–Crippen MR) is 89.0 cm³/mol. The van der Waals surface area contributed by atoms with Crippen LogP contribution in [0.1, 0.15) is 10.4 Å². The smallest absolute Gasteiger partial charge is 0.257 e. The molecule has 0 unspecified atom stereocenters. The summed E-state index contributed by atoms with van der Waals surface area (Å²) < 4.78 is 13.2. The van der Waals surface area contributed by atoms with Gasteiger partial charge in [-0.2, -0.15) is 0 Å². The Labute approximate surface area is 137 Å². The summed E-state index contributed by atoms with van der Waals surface area (Å²) in [6, 6.07) is 16.4. The minimum absolute atomic E-state index is 0.287. The first-order valence-corrected chi connectivity index (χ1v) is 7.28. The van der Waals surface area contributed by atoms with Crippen molar-refractivity contribution < 1.29 is 9.18 Å². The summed E-state index contributed by atoms with van der Waals surface area (Å²) in [6.07, 6.45) is 1.46. The van der Waals surface area contributed by atoms with Gasteiger partial charge in [0.25, 0.3) is 5.91 Å². The third kappa shape index (κ3) is 3.73. The molecule has 1 heterocycles. The van der Waals surface area contributed by atoms with Crippen LogP contribution in [0.5, 0.6) is 0 Å². The number of amides is 1. The number of nitrogens with one attached hydrogen (secondary N) is 1. The molecule has 0 aliphatic rings. The lowest BCUT2D eigenvalue weighted by Crippen LogP contribution is -2.12. The van der Waals surface area contributed by atoms with Crippen molar-refractivity contribution >= 4 is 23.2 Å². The Bertz CT molecular complexity index is 850. The fraction of sp³-hybridized carbons (Fsp3) is 0. The Morgan fingerprint density at radius 2 is 1.87 bits per heavy atom. The fourth-order valence-electron chi connectivity index (χ4n) is 2.12. The van der Waals surface area contributed by atoms with Gasteiger partial charge >= 0.3 is 0 Å². The lowest BCUT2D eigenvalue weighted by molar-refractivity contribution is 0.102. The molecule has 0 bridgehead atoms. The Balaban J connectivity index is 1.78. The number of hydrogen-bond acceptors (Lipinski definition) is 2. The summed E-state index contributed by atoms with van der Waals surface area (Å²) in [5, 5.41) is 3.29.